The molecule has 0 fully saturated rings. The van der Waals surface area contributed by atoms with Crippen molar-refractivity contribution in [1.29, 1.82) is 0 Å². The number of nitrogens with zero attached hydrogens (tertiary/aromatic N) is 1. The van der Waals surface area contributed by atoms with Crippen molar-refractivity contribution in [2.45, 2.75) is 39.3 Å². The van der Waals surface area contributed by atoms with Gasteiger partial charge in [0.25, 0.3) is 11.5 Å². The summed E-state index contributed by atoms with van der Waals surface area (Å²) >= 11 is 1.35. The molecule has 0 spiro atoms. The molecule has 3 aromatic rings. The van der Waals surface area contributed by atoms with Crippen LogP contribution in [0, 0.1) is 0 Å². The Hall–Kier alpha value is -3.46. The van der Waals surface area contributed by atoms with Crippen molar-refractivity contribution >= 4 is 23.2 Å². The van der Waals surface area contributed by atoms with E-state index in [1.165, 1.54) is 11.3 Å². The Morgan fingerprint density at radius 3 is 2.61 bits per heavy atom. The van der Waals surface area contributed by atoms with Crippen LogP contribution in [0.1, 0.15) is 42.4 Å². The number of aromatic amines is 1. The van der Waals surface area contributed by atoms with Crippen molar-refractivity contribution in [1.82, 2.24) is 15.3 Å². The third-order valence-corrected chi connectivity index (χ3v) is 4.95. The largest absolute Gasteiger partial charge is 0.501 e. The highest BCUT2D eigenvalue weighted by Crippen LogP contribution is 2.22. The molecule has 9 heteroatoms. The first kappa shape index (κ1) is 22.2. The van der Waals surface area contributed by atoms with E-state index in [1.807, 2.05) is 5.38 Å². The fraction of sp³-hybridized carbons (Fsp3) is 0.273. The van der Waals surface area contributed by atoms with Gasteiger partial charge in [-0.3, -0.25) is 14.4 Å². The first-order valence-electron chi connectivity index (χ1n) is 9.57. The average Bonchev–Trinajstić information content (AvgIpc) is 3.21. The van der Waals surface area contributed by atoms with Gasteiger partial charge in [-0.05, 0) is 43.3 Å². The van der Waals surface area contributed by atoms with Crippen molar-refractivity contribution in [3.8, 4) is 16.5 Å². The number of carbonyl (C=O) groups excluding carboxylic acids is 2. The summed E-state index contributed by atoms with van der Waals surface area (Å²) < 4.78 is 5.33. The number of benzene rings is 1. The SMILES string of the molecule is CC(C)(C)OC(=O)Cc1cccc(CNC(=O)c2nc(-c3cccs3)[nH]c(=O)c2O)c1. The highest BCUT2D eigenvalue weighted by atomic mass is 32.1. The number of amides is 1. The number of aromatic nitrogens is 2. The maximum absolute atomic E-state index is 12.6. The van der Waals surface area contributed by atoms with Gasteiger partial charge in [0.1, 0.15) is 5.60 Å². The number of hydrogen-bond donors (Lipinski definition) is 3. The highest BCUT2D eigenvalue weighted by molar-refractivity contribution is 7.13. The highest BCUT2D eigenvalue weighted by Gasteiger charge is 2.19. The number of hydrogen-bond acceptors (Lipinski definition) is 7. The van der Waals surface area contributed by atoms with Crippen LogP contribution in [0.15, 0.2) is 46.6 Å². The van der Waals surface area contributed by atoms with Gasteiger partial charge in [-0.15, -0.1) is 11.3 Å². The lowest BCUT2D eigenvalue weighted by atomic mass is 10.1. The molecule has 3 rings (SSSR count). The van der Waals surface area contributed by atoms with Crippen LogP contribution in [-0.4, -0.2) is 32.6 Å². The normalized spacial score (nSPS) is 11.2. The van der Waals surface area contributed by atoms with E-state index in [2.05, 4.69) is 15.3 Å². The first-order chi connectivity index (χ1) is 14.6. The molecule has 1 aromatic carbocycles. The molecule has 162 valence electrons. The molecule has 0 radical (unpaired) electrons. The van der Waals surface area contributed by atoms with Crippen molar-refractivity contribution in [2.75, 3.05) is 0 Å². The minimum atomic E-state index is -0.789. The van der Waals surface area contributed by atoms with Crippen molar-refractivity contribution in [2.24, 2.45) is 0 Å². The van der Waals surface area contributed by atoms with Gasteiger partial charge in [-0.2, -0.15) is 0 Å². The van der Waals surface area contributed by atoms with Crippen LogP contribution in [-0.2, 0) is 22.5 Å². The predicted molar refractivity (Wildman–Crippen MR) is 117 cm³/mol. The fourth-order valence-corrected chi connectivity index (χ4v) is 3.48. The summed E-state index contributed by atoms with van der Waals surface area (Å²) in [6, 6.07) is 10.7. The van der Waals surface area contributed by atoms with E-state index in [0.717, 1.165) is 11.1 Å². The molecule has 0 aliphatic heterocycles. The Labute approximate surface area is 182 Å². The summed E-state index contributed by atoms with van der Waals surface area (Å²) in [6.45, 7) is 5.54. The zero-order chi connectivity index (χ0) is 22.6. The molecule has 0 unspecified atom stereocenters. The molecule has 0 bridgehead atoms. The number of H-pyrrole nitrogens is 1. The molecule has 8 nitrogen and oxygen atoms in total. The molecule has 1 amide bonds. The van der Waals surface area contributed by atoms with Gasteiger partial charge < -0.3 is 20.1 Å². The molecule has 2 aromatic heterocycles. The van der Waals surface area contributed by atoms with Gasteiger partial charge >= 0.3 is 5.97 Å². The molecule has 2 heterocycles. The second kappa shape index (κ2) is 9.13. The summed E-state index contributed by atoms with van der Waals surface area (Å²) in [7, 11) is 0. The zero-order valence-corrected chi connectivity index (χ0v) is 18.2. The number of rotatable bonds is 6. The Morgan fingerprint density at radius 2 is 1.94 bits per heavy atom. The first-order valence-corrected chi connectivity index (χ1v) is 10.5. The molecule has 0 atom stereocenters. The van der Waals surface area contributed by atoms with Gasteiger partial charge in [-0.1, -0.05) is 30.3 Å². The average molecular weight is 442 g/mol. The van der Waals surface area contributed by atoms with Gasteiger partial charge in [0, 0.05) is 6.54 Å². The summed E-state index contributed by atoms with van der Waals surface area (Å²) in [5.74, 6) is -1.55. The Bertz CT molecular complexity index is 1150. The molecule has 3 N–H and O–H groups in total. The number of thiophene rings is 1. The zero-order valence-electron chi connectivity index (χ0n) is 17.4. The van der Waals surface area contributed by atoms with Crippen LogP contribution in [0.5, 0.6) is 5.75 Å². The van der Waals surface area contributed by atoms with E-state index in [0.29, 0.717) is 4.88 Å². The summed E-state index contributed by atoms with van der Waals surface area (Å²) in [4.78, 5) is 43.9. The number of aromatic hydroxyl groups is 1. The third-order valence-electron chi connectivity index (χ3n) is 4.08. The van der Waals surface area contributed by atoms with Gasteiger partial charge in [0.2, 0.25) is 5.75 Å². The topological polar surface area (TPSA) is 121 Å². The van der Waals surface area contributed by atoms with Crippen LogP contribution in [0.4, 0.5) is 0 Å². The van der Waals surface area contributed by atoms with Crippen molar-refractivity contribution < 1.29 is 19.4 Å². The Morgan fingerprint density at radius 1 is 1.19 bits per heavy atom. The number of esters is 1. The minimum absolute atomic E-state index is 0.111. The molecular weight excluding hydrogens is 418 g/mol. The molecule has 31 heavy (non-hydrogen) atoms. The maximum Gasteiger partial charge on any atom is 0.310 e. The van der Waals surface area contributed by atoms with Crippen LogP contribution < -0.4 is 10.9 Å². The third kappa shape index (κ3) is 6.02. The lowest BCUT2D eigenvalue weighted by Crippen LogP contribution is -2.27. The summed E-state index contributed by atoms with van der Waals surface area (Å²) in [5, 5.41) is 14.5. The van der Waals surface area contributed by atoms with Crippen molar-refractivity contribution in [3.05, 3.63) is 69.0 Å². The quantitative estimate of drug-likeness (QED) is 0.506. The van der Waals surface area contributed by atoms with E-state index in [9.17, 15) is 19.5 Å². The van der Waals surface area contributed by atoms with Crippen LogP contribution >= 0.6 is 11.3 Å². The van der Waals surface area contributed by atoms with E-state index >= 15 is 0 Å². The van der Waals surface area contributed by atoms with Crippen LogP contribution in [0.25, 0.3) is 10.7 Å². The molecule has 0 aliphatic rings. The monoisotopic (exact) mass is 441 g/mol. The van der Waals surface area contributed by atoms with Crippen molar-refractivity contribution in [3.63, 3.8) is 0 Å². The van der Waals surface area contributed by atoms with E-state index in [-0.39, 0.29) is 30.5 Å². The summed E-state index contributed by atoms with van der Waals surface area (Å²) in [5.41, 5.74) is -0.206. The van der Waals surface area contributed by atoms with E-state index < -0.39 is 22.8 Å². The molecule has 0 saturated carbocycles. The predicted octanol–water partition coefficient (Wildman–Crippen LogP) is 3.02. The fourth-order valence-electron chi connectivity index (χ4n) is 2.82. The standard InChI is InChI=1S/C22H23N3O5S/c1-22(2,3)30-16(26)11-13-6-4-7-14(10-13)12-23-20(28)17-18(27)21(29)25-19(24-17)15-8-5-9-31-15/h4-10,27H,11-12H2,1-3H3,(H,23,28)(H,24,25,29). The Kier molecular flexibility index (Phi) is 6.55. The van der Waals surface area contributed by atoms with Crippen LogP contribution in [0.2, 0.25) is 0 Å². The second-order valence-electron chi connectivity index (χ2n) is 7.85. The van der Waals surface area contributed by atoms with E-state index in [4.69, 9.17) is 4.74 Å². The van der Waals surface area contributed by atoms with E-state index in [1.54, 1.807) is 57.2 Å². The van der Waals surface area contributed by atoms with Crippen LogP contribution in [0.3, 0.4) is 0 Å². The number of carbonyl (C=O) groups is 2. The lowest BCUT2D eigenvalue weighted by molar-refractivity contribution is -0.153. The minimum Gasteiger partial charge on any atom is -0.501 e. The summed E-state index contributed by atoms with van der Waals surface area (Å²) in [6.07, 6.45) is 0.111. The molecular formula is C22H23N3O5S. The van der Waals surface area contributed by atoms with Gasteiger partial charge in [0.15, 0.2) is 11.5 Å². The Balaban J connectivity index is 1.70. The second-order valence-corrected chi connectivity index (χ2v) is 8.80. The molecule has 0 aliphatic carbocycles. The maximum atomic E-state index is 12.6. The van der Waals surface area contributed by atoms with Gasteiger partial charge in [-0.25, -0.2) is 4.98 Å². The smallest absolute Gasteiger partial charge is 0.310 e. The lowest BCUT2D eigenvalue weighted by Gasteiger charge is -2.19. The van der Waals surface area contributed by atoms with Gasteiger partial charge in [0.05, 0.1) is 11.3 Å². The number of nitrogens with one attached hydrogen (secondary N) is 2. The number of ether oxygens (including phenoxy) is 1. The molecule has 0 saturated heterocycles.